The largest absolute Gasteiger partial charge is 0.356 e. The van der Waals surface area contributed by atoms with Crippen LogP contribution in [0.3, 0.4) is 0 Å². The Kier molecular flexibility index (Phi) is 5.39. The molecule has 0 saturated carbocycles. The van der Waals surface area contributed by atoms with E-state index in [1.165, 1.54) is 64.0 Å². The van der Waals surface area contributed by atoms with E-state index in [1.807, 2.05) is 11.3 Å². The Morgan fingerprint density at radius 1 is 0.375 bits per heavy atom. The van der Waals surface area contributed by atoms with Crippen molar-refractivity contribution in [3.05, 3.63) is 146 Å². The van der Waals surface area contributed by atoms with Crippen molar-refractivity contribution >= 4 is 64.4 Å². The summed E-state index contributed by atoms with van der Waals surface area (Å²) in [4.78, 5) is 0. The van der Waals surface area contributed by atoms with Crippen LogP contribution in [0, 0.1) is 0 Å². The van der Waals surface area contributed by atoms with Gasteiger partial charge >= 0.3 is 0 Å². The van der Waals surface area contributed by atoms with Crippen LogP contribution in [0.2, 0.25) is 0 Å². The second-order valence-electron chi connectivity index (χ2n) is 10.2. The number of rotatable bonds is 4. The third-order valence-electron chi connectivity index (χ3n) is 7.87. The van der Waals surface area contributed by atoms with E-state index < -0.39 is 0 Å². The SMILES string of the molecule is c1ccc2c(-c3ccc(-c4ccc(Nc5ccc6sc7ccccc7c6c5)cc4)c4ccccc34)cccc2c1. The summed E-state index contributed by atoms with van der Waals surface area (Å²) >= 11 is 1.85. The second kappa shape index (κ2) is 9.37. The van der Waals surface area contributed by atoms with Crippen molar-refractivity contribution in [2.75, 3.05) is 5.32 Å². The van der Waals surface area contributed by atoms with Crippen molar-refractivity contribution < 1.29 is 0 Å². The fraction of sp³-hybridized carbons (Fsp3) is 0. The molecule has 7 aromatic carbocycles. The molecule has 0 atom stereocenters. The Balaban J connectivity index is 1.15. The summed E-state index contributed by atoms with van der Waals surface area (Å²) in [6.45, 7) is 0. The first-order chi connectivity index (χ1) is 19.8. The van der Waals surface area contributed by atoms with Gasteiger partial charge in [-0.3, -0.25) is 0 Å². The Morgan fingerprint density at radius 3 is 1.82 bits per heavy atom. The maximum Gasteiger partial charge on any atom is 0.0391 e. The summed E-state index contributed by atoms with van der Waals surface area (Å²) in [6.07, 6.45) is 0. The van der Waals surface area contributed by atoms with Crippen LogP contribution in [0.1, 0.15) is 0 Å². The molecule has 0 aliphatic rings. The van der Waals surface area contributed by atoms with Crippen molar-refractivity contribution in [2.24, 2.45) is 0 Å². The molecule has 1 aromatic heterocycles. The summed E-state index contributed by atoms with van der Waals surface area (Å²) < 4.78 is 2.65. The molecule has 0 amide bonds. The van der Waals surface area contributed by atoms with Crippen LogP contribution in [0.4, 0.5) is 11.4 Å². The van der Waals surface area contributed by atoms with Gasteiger partial charge in [0.1, 0.15) is 0 Å². The van der Waals surface area contributed by atoms with Crippen LogP contribution in [-0.2, 0) is 0 Å². The van der Waals surface area contributed by atoms with E-state index in [2.05, 4.69) is 151 Å². The average molecular weight is 528 g/mol. The van der Waals surface area contributed by atoms with Crippen molar-refractivity contribution in [1.29, 1.82) is 0 Å². The molecule has 0 radical (unpaired) electrons. The van der Waals surface area contributed by atoms with Crippen LogP contribution in [0.5, 0.6) is 0 Å². The molecular weight excluding hydrogens is 502 g/mol. The molecule has 0 aliphatic heterocycles. The molecule has 40 heavy (non-hydrogen) atoms. The minimum Gasteiger partial charge on any atom is -0.356 e. The lowest BCUT2D eigenvalue weighted by Crippen LogP contribution is -1.90. The third kappa shape index (κ3) is 3.85. The zero-order chi connectivity index (χ0) is 26.5. The molecule has 8 aromatic rings. The zero-order valence-electron chi connectivity index (χ0n) is 21.8. The number of fused-ring (bicyclic) bond motifs is 5. The highest BCUT2D eigenvalue weighted by molar-refractivity contribution is 7.25. The van der Waals surface area contributed by atoms with Gasteiger partial charge < -0.3 is 5.32 Å². The highest BCUT2D eigenvalue weighted by Gasteiger charge is 2.12. The lowest BCUT2D eigenvalue weighted by Gasteiger charge is -2.14. The van der Waals surface area contributed by atoms with Gasteiger partial charge in [0, 0.05) is 31.5 Å². The van der Waals surface area contributed by atoms with Crippen LogP contribution >= 0.6 is 11.3 Å². The molecule has 2 heteroatoms. The molecule has 1 N–H and O–H groups in total. The van der Waals surface area contributed by atoms with E-state index in [4.69, 9.17) is 0 Å². The fourth-order valence-corrected chi connectivity index (χ4v) is 7.04. The summed E-state index contributed by atoms with van der Waals surface area (Å²) in [5.41, 5.74) is 7.19. The number of anilines is 2. The standard InChI is InChI=1S/C38H25NS/c1-2-10-29-25(8-1)9-7-14-32(29)34-22-21-30(31-11-3-4-12-33(31)34)26-16-18-27(19-17-26)39-28-20-23-38-36(24-28)35-13-5-6-15-37(35)40-38/h1-24,39H. The van der Waals surface area contributed by atoms with Crippen molar-refractivity contribution in [3.8, 4) is 22.3 Å². The summed E-state index contributed by atoms with van der Waals surface area (Å²) in [5.74, 6) is 0. The van der Waals surface area contributed by atoms with E-state index in [1.54, 1.807) is 0 Å². The van der Waals surface area contributed by atoms with Gasteiger partial charge in [-0.2, -0.15) is 0 Å². The van der Waals surface area contributed by atoms with Gasteiger partial charge in [-0.1, -0.05) is 109 Å². The Morgan fingerprint density at radius 2 is 0.975 bits per heavy atom. The Hall–Kier alpha value is -4.92. The van der Waals surface area contributed by atoms with Crippen LogP contribution in [0.25, 0.3) is 64.0 Å². The molecule has 0 fully saturated rings. The number of hydrogen-bond acceptors (Lipinski definition) is 2. The molecule has 0 spiro atoms. The number of benzene rings is 7. The number of nitrogens with one attached hydrogen (secondary N) is 1. The number of hydrogen-bond donors (Lipinski definition) is 1. The first-order valence-electron chi connectivity index (χ1n) is 13.6. The molecule has 0 saturated heterocycles. The van der Waals surface area contributed by atoms with Crippen LogP contribution < -0.4 is 5.32 Å². The third-order valence-corrected chi connectivity index (χ3v) is 9.02. The molecule has 0 bridgehead atoms. The molecule has 1 nitrogen and oxygen atoms in total. The second-order valence-corrected chi connectivity index (χ2v) is 11.3. The van der Waals surface area contributed by atoms with Gasteiger partial charge in [-0.25, -0.2) is 0 Å². The lowest BCUT2D eigenvalue weighted by atomic mass is 9.90. The van der Waals surface area contributed by atoms with Gasteiger partial charge in [0.15, 0.2) is 0 Å². The molecule has 0 unspecified atom stereocenters. The molecule has 1 heterocycles. The minimum atomic E-state index is 1.08. The first-order valence-corrected chi connectivity index (χ1v) is 14.4. The van der Waals surface area contributed by atoms with E-state index >= 15 is 0 Å². The van der Waals surface area contributed by atoms with E-state index in [0.717, 1.165) is 11.4 Å². The maximum atomic E-state index is 3.62. The average Bonchev–Trinajstić information content (AvgIpc) is 3.39. The van der Waals surface area contributed by atoms with E-state index in [0.29, 0.717) is 0 Å². The summed E-state index contributed by atoms with van der Waals surface area (Å²) in [7, 11) is 0. The predicted octanol–water partition coefficient (Wildman–Crippen LogP) is 11.4. The first kappa shape index (κ1) is 23.0. The fourth-order valence-electron chi connectivity index (χ4n) is 5.95. The normalized spacial score (nSPS) is 11.5. The molecule has 188 valence electrons. The van der Waals surface area contributed by atoms with Gasteiger partial charge in [-0.15, -0.1) is 11.3 Å². The maximum absolute atomic E-state index is 3.62. The summed E-state index contributed by atoms with van der Waals surface area (Å²) in [6, 6.07) is 52.6. The van der Waals surface area contributed by atoms with Gasteiger partial charge in [-0.05, 0) is 80.2 Å². The number of thiophene rings is 1. The van der Waals surface area contributed by atoms with Crippen molar-refractivity contribution in [3.63, 3.8) is 0 Å². The van der Waals surface area contributed by atoms with E-state index in [9.17, 15) is 0 Å². The van der Waals surface area contributed by atoms with Gasteiger partial charge in [0.2, 0.25) is 0 Å². The highest BCUT2D eigenvalue weighted by Crippen LogP contribution is 2.39. The van der Waals surface area contributed by atoms with Crippen molar-refractivity contribution in [2.45, 2.75) is 0 Å². The highest BCUT2D eigenvalue weighted by atomic mass is 32.1. The molecule has 0 aliphatic carbocycles. The van der Waals surface area contributed by atoms with Gasteiger partial charge in [0.25, 0.3) is 0 Å². The quantitative estimate of drug-likeness (QED) is 0.240. The Bertz CT molecular complexity index is 2180. The Labute approximate surface area is 237 Å². The smallest absolute Gasteiger partial charge is 0.0391 e. The lowest BCUT2D eigenvalue weighted by molar-refractivity contribution is 1.56. The van der Waals surface area contributed by atoms with Crippen LogP contribution in [-0.4, -0.2) is 0 Å². The van der Waals surface area contributed by atoms with Gasteiger partial charge in [0.05, 0.1) is 0 Å². The zero-order valence-corrected chi connectivity index (χ0v) is 22.6. The minimum absolute atomic E-state index is 1.08. The molecular formula is C38H25NS. The van der Waals surface area contributed by atoms with Crippen molar-refractivity contribution in [1.82, 2.24) is 0 Å². The van der Waals surface area contributed by atoms with E-state index in [-0.39, 0.29) is 0 Å². The topological polar surface area (TPSA) is 12.0 Å². The predicted molar refractivity (Wildman–Crippen MR) is 175 cm³/mol. The van der Waals surface area contributed by atoms with Crippen LogP contribution in [0.15, 0.2) is 146 Å². The monoisotopic (exact) mass is 527 g/mol. The molecule has 8 rings (SSSR count). The summed E-state index contributed by atoms with van der Waals surface area (Å²) in [5, 5.41) is 11.3.